The Hall–Kier alpha value is -0.680. The van der Waals surface area contributed by atoms with Crippen molar-refractivity contribution in [2.75, 3.05) is 26.3 Å². The number of morpholine rings is 1. The summed E-state index contributed by atoms with van der Waals surface area (Å²) in [6.45, 7) is 6.05. The minimum Gasteiger partial charge on any atom is -0.378 e. The van der Waals surface area contributed by atoms with Crippen molar-refractivity contribution in [2.45, 2.75) is 4.90 Å². The Bertz CT molecular complexity index is 528. The molecule has 1 aromatic carbocycles. The van der Waals surface area contributed by atoms with E-state index in [1.54, 1.807) is 17.0 Å². The third-order valence-corrected chi connectivity index (χ3v) is 4.33. The maximum absolute atomic E-state index is 12.3. The van der Waals surface area contributed by atoms with Crippen LogP contribution in [0.3, 0.4) is 0 Å². The predicted octanol–water partition coefficient (Wildman–Crippen LogP) is 3.15. The fourth-order valence-electron chi connectivity index (χ4n) is 1.84. The highest BCUT2D eigenvalue weighted by Crippen LogP contribution is 2.35. The predicted molar refractivity (Wildman–Crippen MR) is 80.1 cm³/mol. The van der Waals surface area contributed by atoms with Crippen LogP contribution in [-0.2, 0) is 9.53 Å². The molecule has 6 heteroatoms. The highest BCUT2D eigenvalue weighted by Gasteiger charge is 2.22. The zero-order valence-electron chi connectivity index (χ0n) is 10.2. The van der Waals surface area contributed by atoms with Crippen LogP contribution < -0.4 is 0 Å². The van der Waals surface area contributed by atoms with Gasteiger partial charge in [0, 0.05) is 29.1 Å². The molecule has 0 atom stereocenters. The Morgan fingerprint density at radius 2 is 1.89 bits per heavy atom. The number of benzene rings is 1. The smallest absolute Gasteiger partial charge is 0.254 e. The Kier molecular flexibility index (Phi) is 4.79. The minimum atomic E-state index is -0.145. The Balaban J connectivity index is 2.24. The molecular weight excluding hydrogens is 305 g/mol. The first-order chi connectivity index (χ1) is 9.02. The molecule has 1 fully saturated rings. The van der Waals surface area contributed by atoms with Crippen molar-refractivity contribution in [1.82, 2.24) is 4.90 Å². The molecule has 1 aliphatic rings. The molecule has 0 spiro atoms. The maximum Gasteiger partial charge on any atom is 0.254 e. The maximum atomic E-state index is 12.3. The fourth-order valence-corrected chi connectivity index (χ4v) is 2.54. The van der Waals surface area contributed by atoms with Gasteiger partial charge in [-0.15, -0.1) is 12.6 Å². The fraction of sp³-hybridized carbons (Fsp3) is 0.308. The summed E-state index contributed by atoms with van der Waals surface area (Å²) in [5.74, 6) is -0.145. The van der Waals surface area contributed by atoms with Gasteiger partial charge in [-0.1, -0.05) is 35.8 Å². The van der Waals surface area contributed by atoms with Gasteiger partial charge in [0.15, 0.2) is 0 Å². The van der Waals surface area contributed by atoms with E-state index in [0.717, 1.165) is 0 Å². The molecule has 102 valence electrons. The zero-order valence-corrected chi connectivity index (χ0v) is 12.6. The van der Waals surface area contributed by atoms with E-state index >= 15 is 0 Å². The van der Waals surface area contributed by atoms with Gasteiger partial charge in [-0.25, -0.2) is 0 Å². The lowest BCUT2D eigenvalue weighted by Crippen LogP contribution is -2.40. The molecule has 3 nitrogen and oxygen atoms in total. The quantitative estimate of drug-likeness (QED) is 0.670. The highest BCUT2D eigenvalue weighted by molar-refractivity contribution is 7.80. The summed E-state index contributed by atoms with van der Waals surface area (Å²) in [6, 6.07) is 3.40. The molecule has 1 aromatic rings. The average molecular weight is 318 g/mol. The first-order valence-corrected chi connectivity index (χ1v) is 6.96. The van der Waals surface area contributed by atoms with Gasteiger partial charge in [0.05, 0.1) is 23.3 Å². The number of nitrogens with zero attached hydrogens (tertiary/aromatic N) is 1. The molecule has 2 rings (SSSR count). The van der Waals surface area contributed by atoms with Gasteiger partial charge in [-0.3, -0.25) is 4.79 Å². The number of carbonyl (C=O) groups is 1. The van der Waals surface area contributed by atoms with E-state index in [2.05, 4.69) is 19.2 Å². The van der Waals surface area contributed by atoms with Crippen LogP contribution in [0.1, 0.15) is 5.56 Å². The van der Waals surface area contributed by atoms with E-state index in [1.165, 1.54) is 0 Å². The number of halogens is 2. The second kappa shape index (κ2) is 6.18. The second-order valence-electron chi connectivity index (χ2n) is 4.14. The molecule has 0 bridgehead atoms. The zero-order chi connectivity index (χ0) is 14.0. The summed E-state index contributed by atoms with van der Waals surface area (Å²) in [7, 11) is 0. The Morgan fingerprint density at radius 1 is 1.26 bits per heavy atom. The van der Waals surface area contributed by atoms with Gasteiger partial charge in [0.25, 0.3) is 5.91 Å². The summed E-state index contributed by atoms with van der Waals surface area (Å²) >= 11 is 16.3. The van der Waals surface area contributed by atoms with E-state index < -0.39 is 0 Å². The number of hydrogen-bond donors (Lipinski definition) is 1. The van der Waals surface area contributed by atoms with Crippen LogP contribution in [0.15, 0.2) is 23.6 Å². The van der Waals surface area contributed by atoms with Crippen LogP contribution >= 0.6 is 35.8 Å². The van der Waals surface area contributed by atoms with Gasteiger partial charge < -0.3 is 9.64 Å². The third kappa shape index (κ3) is 3.08. The molecule has 19 heavy (non-hydrogen) atoms. The molecule has 0 aliphatic carbocycles. The van der Waals surface area contributed by atoms with Crippen LogP contribution in [0.25, 0.3) is 5.57 Å². The highest BCUT2D eigenvalue weighted by atomic mass is 35.5. The van der Waals surface area contributed by atoms with Gasteiger partial charge in [0.2, 0.25) is 0 Å². The molecule has 1 amide bonds. The van der Waals surface area contributed by atoms with E-state index in [1.807, 2.05) is 0 Å². The molecule has 0 unspecified atom stereocenters. The first-order valence-electron chi connectivity index (χ1n) is 5.75. The molecule has 0 aromatic heterocycles. The summed E-state index contributed by atoms with van der Waals surface area (Å²) in [6.07, 6.45) is 0. The second-order valence-corrected chi connectivity index (χ2v) is 5.38. The summed E-state index contributed by atoms with van der Waals surface area (Å²) in [4.78, 5) is 14.6. The van der Waals surface area contributed by atoms with E-state index in [4.69, 9.17) is 27.9 Å². The van der Waals surface area contributed by atoms with Crippen molar-refractivity contribution < 1.29 is 9.53 Å². The van der Waals surface area contributed by atoms with Crippen LogP contribution in [0.5, 0.6) is 0 Å². The van der Waals surface area contributed by atoms with E-state index in [9.17, 15) is 4.79 Å². The number of hydrogen-bond acceptors (Lipinski definition) is 3. The van der Waals surface area contributed by atoms with Gasteiger partial charge in [0.1, 0.15) is 0 Å². The van der Waals surface area contributed by atoms with Gasteiger partial charge in [-0.05, 0) is 6.07 Å². The van der Waals surface area contributed by atoms with Crippen LogP contribution in [0.4, 0.5) is 0 Å². The Labute approximate surface area is 127 Å². The summed E-state index contributed by atoms with van der Waals surface area (Å²) in [5, 5.41) is 0.638. The number of carbonyl (C=O) groups excluding carboxylic acids is 1. The van der Waals surface area contributed by atoms with Crippen LogP contribution in [0, 0.1) is 0 Å². The van der Waals surface area contributed by atoms with Crippen molar-refractivity contribution >= 4 is 47.3 Å². The molecule has 0 radical (unpaired) electrons. The molecule has 1 aliphatic heterocycles. The Morgan fingerprint density at radius 3 is 2.53 bits per heavy atom. The minimum absolute atomic E-state index is 0.145. The largest absolute Gasteiger partial charge is 0.378 e. The molecule has 0 N–H and O–H groups in total. The monoisotopic (exact) mass is 317 g/mol. The first kappa shape index (κ1) is 14.7. The van der Waals surface area contributed by atoms with Crippen molar-refractivity contribution in [1.29, 1.82) is 0 Å². The van der Waals surface area contributed by atoms with Crippen molar-refractivity contribution in [3.8, 4) is 0 Å². The number of ether oxygens (including phenoxy) is 1. The van der Waals surface area contributed by atoms with Gasteiger partial charge in [-0.2, -0.15) is 0 Å². The summed E-state index contributed by atoms with van der Waals surface area (Å²) in [5.41, 5.74) is 0.878. The molecule has 1 saturated heterocycles. The summed E-state index contributed by atoms with van der Waals surface area (Å²) < 4.78 is 5.21. The SMILES string of the molecule is C=C(C(=O)N1CCOCC1)c1ccc(S)c(Cl)c1Cl. The lowest BCUT2D eigenvalue weighted by Gasteiger charge is -2.27. The van der Waals surface area contributed by atoms with E-state index in [-0.39, 0.29) is 5.91 Å². The standard InChI is InChI=1S/C13H13Cl2NO2S/c1-8(13(17)16-4-6-18-7-5-16)9-2-3-10(19)12(15)11(9)14/h2-3,19H,1,4-7H2. The number of rotatable bonds is 2. The molecule has 1 heterocycles. The van der Waals surface area contributed by atoms with Gasteiger partial charge >= 0.3 is 0 Å². The number of amides is 1. The number of thiol groups is 1. The lowest BCUT2D eigenvalue weighted by molar-refractivity contribution is -0.128. The molecular formula is C13H13Cl2NO2S. The van der Waals surface area contributed by atoms with Crippen molar-refractivity contribution in [3.05, 3.63) is 34.3 Å². The third-order valence-electron chi connectivity index (χ3n) is 2.94. The average Bonchev–Trinajstić information content (AvgIpc) is 2.44. The van der Waals surface area contributed by atoms with E-state index in [0.29, 0.717) is 52.4 Å². The van der Waals surface area contributed by atoms with Crippen LogP contribution in [-0.4, -0.2) is 37.1 Å². The lowest BCUT2D eigenvalue weighted by atomic mass is 10.1. The van der Waals surface area contributed by atoms with Crippen molar-refractivity contribution in [3.63, 3.8) is 0 Å². The van der Waals surface area contributed by atoms with Crippen molar-refractivity contribution in [2.24, 2.45) is 0 Å². The van der Waals surface area contributed by atoms with Crippen LogP contribution in [0.2, 0.25) is 10.0 Å². The topological polar surface area (TPSA) is 29.5 Å². The normalized spacial score (nSPS) is 15.4. The molecule has 0 saturated carbocycles.